The molecule has 0 saturated carbocycles. The van der Waals surface area contributed by atoms with Crippen molar-refractivity contribution < 1.29 is 9.59 Å². The summed E-state index contributed by atoms with van der Waals surface area (Å²) in [6.07, 6.45) is 1.29. The first-order valence-electron chi connectivity index (χ1n) is 5.15. The molecule has 0 aliphatic rings. The Balaban J connectivity index is 3.07. The van der Waals surface area contributed by atoms with E-state index in [1.54, 1.807) is 18.2 Å². The lowest BCUT2D eigenvalue weighted by molar-refractivity contribution is -0.114. The van der Waals surface area contributed by atoms with Crippen LogP contribution in [0.15, 0.2) is 22.7 Å². The number of Topliss-reactive ketones (excluding diaryl/α,β-unsaturated/α-hetero) is 1. The zero-order valence-corrected chi connectivity index (χ0v) is 10.9. The van der Waals surface area contributed by atoms with Crippen LogP contribution < -0.4 is 5.32 Å². The highest BCUT2D eigenvalue weighted by molar-refractivity contribution is 9.10. The number of hydrogen-bond acceptors (Lipinski definition) is 2. The Kier molecular flexibility index (Phi) is 4.68. The summed E-state index contributed by atoms with van der Waals surface area (Å²) in [5.74, 6) is -0.125. The largest absolute Gasteiger partial charge is 0.326 e. The third kappa shape index (κ3) is 3.45. The fraction of sp³-hybridized carbons (Fsp3) is 0.333. The molecule has 0 bridgehead atoms. The molecule has 1 aromatic rings. The van der Waals surface area contributed by atoms with Gasteiger partial charge in [-0.2, -0.15) is 0 Å². The van der Waals surface area contributed by atoms with E-state index in [1.807, 2.05) is 6.92 Å². The van der Waals surface area contributed by atoms with Crippen LogP contribution in [0, 0.1) is 0 Å². The summed E-state index contributed by atoms with van der Waals surface area (Å²) in [6.45, 7) is 3.38. The SMILES string of the molecule is CCCC(=O)c1cc(Br)ccc1NC(C)=O. The Labute approximate surface area is 103 Å². The lowest BCUT2D eigenvalue weighted by atomic mass is 10.0. The third-order valence-electron chi connectivity index (χ3n) is 2.07. The Morgan fingerprint density at radius 3 is 2.62 bits per heavy atom. The van der Waals surface area contributed by atoms with Crippen LogP contribution in [0.1, 0.15) is 37.0 Å². The Bertz CT molecular complexity index is 415. The molecule has 3 nitrogen and oxygen atoms in total. The number of carbonyl (C=O) groups is 2. The zero-order valence-electron chi connectivity index (χ0n) is 9.34. The van der Waals surface area contributed by atoms with Gasteiger partial charge in [0.05, 0.1) is 5.69 Å². The van der Waals surface area contributed by atoms with E-state index in [0.717, 1.165) is 10.9 Å². The fourth-order valence-electron chi connectivity index (χ4n) is 1.41. The van der Waals surface area contributed by atoms with Crippen molar-refractivity contribution in [2.24, 2.45) is 0 Å². The summed E-state index contributed by atoms with van der Waals surface area (Å²) in [4.78, 5) is 22.8. The predicted octanol–water partition coefficient (Wildman–Crippen LogP) is 3.39. The molecule has 0 unspecified atom stereocenters. The fourth-order valence-corrected chi connectivity index (χ4v) is 1.77. The van der Waals surface area contributed by atoms with Crippen LogP contribution in [0.3, 0.4) is 0 Å². The summed E-state index contributed by atoms with van der Waals surface area (Å²) < 4.78 is 0.834. The molecule has 0 radical (unpaired) electrons. The smallest absolute Gasteiger partial charge is 0.221 e. The second-order valence-electron chi connectivity index (χ2n) is 3.54. The molecule has 0 fully saturated rings. The number of amides is 1. The number of ketones is 1. The molecule has 86 valence electrons. The van der Waals surface area contributed by atoms with Crippen LogP contribution in [-0.4, -0.2) is 11.7 Å². The van der Waals surface area contributed by atoms with Gasteiger partial charge in [0, 0.05) is 23.4 Å². The number of carbonyl (C=O) groups excluding carboxylic acids is 2. The van der Waals surface area contributed by atoms with Gasteiger partial charge < -0.3 is 5.32 Å². The maximum absolute atomic E-state index is 11.8. The molecule has 1 aromatic carbocycles. The minimum atomic E-state index is -0.173. The van der Waals surface area contributed by atoms with Gasteiger partial charge in [0.2, 0.25) is 5.91 Å². The van der Waals surface area contributed by atoms with Gasteiger partial charge in [0.1, 0.15) is 0 Å². The first-order valence-corrected chi connectivity index (χ1v) is 5.94. The number of rotatable bonds is 4. The minimum Gasteiger partial charge on any atom is -0.326 e. The molecule has 16 heavy (non-hydrogen) atoms. The van der Waals surface area contributed by atoms with Gasteiger partial charge >= 0.3 is 0 Å². The lowest BCUT2D eigenvalue weighted by Crippen LogP contribution is -2.11. The predicted molar refractivity (Wildman–Crippen MR) is 67.7 cm³/mol. The summed E-state index contributed by atoms with van der Waals surface area (Å²) in [5, 5.41) is 2.66. The first kappa shape index (κ1) is 12.9. The van der Waals surface area contributed by atoms with Gasteiger partial charge in [-0.15, -0.1) is 0 Å². The normalized spacial score (nSPS) is 9.94. The monoisotopic (exact) mass is 283 g/mol. The summed E-state index contributed by atoms with van der Waals surface area (Å²) in [6, 6.07) is 5.27. The zero-order chi connectivity index (χ0) is 12.1. The molecule has 1 rings (SSSR count). The van der Waals surface area contributed by atoms with E-state index in [9.17, 15) is 9.59 Å². The summed E-state index contributed by atoms with van der Waals surface area (Å²) >= 11 is 3.32. The number of benzene rings is 1. The van der Waals surface area contributed by atoms with Crippen LogP contribution in [0.2, 0.25) is 0 Å². The van der Waals surface area contributed by atoms with E-state index in [4.69, 9.17) is 0 Å². The highest BCUT2D eigenvalue weighted by Crippen LogP contribution is 2.22. The molecule has 0 heterocycles. The van der Waals surface area contributed by atoms with E-state index < -0.39 is 0 Å². The highest BCUT2D eigenvalue weighted by atomic mass is 79.9. The van der Waals surface area contributed by atoms with Crippen molar-refractivity contribution in [1.29, 1.82) is 0 Å². The van der Waals surface area contributed by atoms with Crippen molar-refractivity contribution in [3.63, 3.8) is 0 Å². The molecule has 0 atom stereocenters. The molecule has 1 N–H and O–H groups in total. The van der Waals surface area contributed by atoms with Crippen LogP contribution in [-0.2, 0) is 4.79 Å². The van der Waals surface area contributed by atoms with Gasteiger partial charge in [-0.05, 0) is 24.6 Å². The van der Waals surface area contributed by atoms with E-state index >= 15 is 0 Å². The van der Waals surface area contributed by atoms with Gasteiger partial charge in [-0.1, -0.05) is 22.9 Å². The van der Waals surface area contributed by atoms with Crippen molar-refractivity contribution in [2.45, 2.75) is 26.7 Å². The molecule has 0 saturated heterocycles. The lowest BCUT2D eigenvalue weighted by Gasteiger charge is -2.09. The molecule has 1 amide bonds. The van der Waals surface area contributed by atoms with Crippen molar-refractivity contribution in [3.05, 3.63) is 28.2 Å². The number of nitrogens with one attached hydrogen (secondary N) is 1. The van der Waals surface area contributed by atoms with Gasteiger partial charge in [-0.25, -0.2) is 0 Å². The maximum Gasteiger partial charge on any atom is 0.221 e. The first-order chi connectivity index (χ1) is 7.54. The number of halogens is 1. The van der Waals surface area contributed by atoms with Crippen LogP contribution >= 0.6 is 15.9 Å². The molecular weight excluding hydrogens is 270 g/mol. The Hall–Kier alpha value is -1.16. The van der Waals surface area contributed by atoms with E-state index in [0.29, 0.717) is 17.7 Å². The van der Waals surface area contributed by atoms with Crippen LogP contribution in [0.5, 0.6) is 0 Å². The number of anilines is 1. The summed E-state index contributed by atoms with van der Waals surface area (Å²) in [7, 11) is 0. The summed E-state index contributed by atoms with van der Waals surface area (Å²) in [5.41, 5.74) is 1.14. The molecule has 0 spiro atoms. The quantitative estimate of drug-likeness (QED) is 0.861. The minimum absolute atomic E-state index is 0.0487. The maximum atomic E-state index is 11.8. The molecular formula is C12H14BrNO2. The molecule has 0 aromatic heterocycles. The van der Waals surface area contributed by atoms with Crippen molar-refractivity contribution in [2.75, 3.05) is 5.32 Å². The van der Waals surface area contributed by atoms with Crippen molar-refractivity contribution in [1.82, 2.24) is 0 Å². The standard InChI is InChI=1S/C12H14BrNO2/c1-3-4-12(16)10-7-9(13)5-6-11(10)14-8(2)15/h5-7H,3-4H2,1-2H3,(H,14,15). The molecule has 0 aliphatic carbocycles. The third-order valence-corrected chi connectivity index (χ3v) is 2.56. The van der Waals surface area contributed by atoms with Gasteiger partial charge in [0.15, 0.2) is 5.78 Å². The van der Waals surface area contributed by atoms with Crippen LogP contribution in [0.25, 0.3) is 0 Å². The average Bonchev–Trinajstić information content (AvgIpc) is 2.20. The van der Waals surface area contributed by atoms with E-state index in [1.165, 1.54) is 6.92 Å². The molecule has 0 aliphatic heterocycles. The molecule has 4 heteroatoms. The van der Waals surface area contributed by atoms with Gasteiger partial charge in [-0.3, -0.25) is 9.59 Å². The Morgan fingerprint density at radius 1 is 1.38 bits per heavy atom. The topological polar surface area (TPSA) is 46.2 Å². The average molecular weight is 284 g/mol. The number of hydrogen-bond donors (Lipinski definition) is 1. The van der Waals surface area contributed by atoms with E-state index in [2.05, 4.69) is 21.2 Å². The van der Waals surface area contributed by atoms with E-state index in [-0.39, 0.29) is 11.7 Å². The second-order valence-corrected chi connectivity index (χ2v) is 4.46. The van der Waals surface area contributed by atoms with Crippen molar-refractivity contribution in [3.8, 4) is 0 Å². The van der Waals surface area contributed by atoms with Gasteiger partial charge in [0.25, 0.3) is 0 Å². The Morgan fingerprint density at radius 2 is 2.06 bits per heavy atom. The second kappa shape index (κ2) is 5.80. The van der Waals surface area contributed by atoms with Crippen LogP contribution in [0.4, 0.5) is 5.69 Å². The van der Waals surface area contributed by atoms with Crippen molar-refractivity contribution >= 4 is 33.3 Å². The highest BCUT2D eigenvalue weighted by Gasteiger charge is 2.11.